The molecule has 2 bridgehead atoms. The lowest BCUT2D eigenvalue weighted by Crippen LogP contribution is -2.32. The molecule has 2 fully saturated rings. The Labute approximate surface area is 132 Å². The molecule has 2 heteroatoms. The number of hydrogen-bond acceptors (Lipinski definition) is 2. The Balaban J connectivity index is 1.87. The first-order chi connectivity index (χ1) is 10.4. The summed E-state index contributed by atoms with van der Waals surface area (Å²) < 4.78 is 5.49. The fourth-order valence-electron chi connectivity index (χ4n) is 4.09. The van der Waals surface area contributed by atoms with Gasteiger partial charge in [-0.1, -0.05) is 45.6 Å². The van der Waals surface area contributed by atoms with Crippen molar-refractivity contribution in [3.63, 3.8) is 0 Å². The van der Waals surface area contributed by atoms with Gasteiger partial charge in [-0.25, -0.2) is 0 Å². The van der Waals surface area contributed by atoms with Crippen LogP contribution in [0.3, 0.4) is 0 Å². The van der Waals surface area contributed by atoms with Gasteiger partial charge in [0.25, 0.3) is 0 Å². The van der Waals surface area contributed by atoms with Gasteiger partial charge < -0.3 is 4.74 Å². The van der Waals surface area contributed by atoms with Crippen LogP contribution < -0.4 is 4.74 Å². The molecule has 0 N–H and O–H groups in total. The van der Waals surface area contributed by atoms with Crippen LogP contribution >= 0.6 is 0 Å². The minimum absolute atomic E-state index is 0.0724. The maximum atomic E-state index is 12.8. The van der Waals surface area contributed by atoms with E-state index >= 15 is 0 Å². The Morgan fingerprint density at radius 3 is 2.50 bits per heavy atom. The molecule has 2 atom stereocenters. The van der Waals surface area contributed by atoms with Crippen molar-refractivity contribution in [2.45, 2.75) is 33.6 Å². The number of rotatable bonds is 4. The molecule has 2 saturated carbocycles. The third kappa shape index (κ3) is 2.05. The lowest BCUT2D eigenvalue weighted by molar-refractivity contribution is -0.125. The highest BCUT2D eigenvalue weighted by Crippen LogP contribution is 2.65. The van der Waals surface area contributed by atoms with Crippen molar-refractivity contribution in [1.29, 1.82) is 0 Å². The van der Waals surface area contributed by atoms with Crippen molar-refractivity contribution >= 4 is 11.9 Å². The summed E-state index contributed by atoms with van der Waals surface area (Å²) in [7, 11) is 0. The van der Waals surface area contributed by atoms with E-state index in [1.165, 1.54) is 0 Å². The fourth-order valence-corrected chi connectivity index (χ4v) is 4.09. The summed E-state index contributed by atoms with van der Waals surface area (Å²) in [6, 6.07) is 7.92. The topological polar surface area (TPSA) is 26.3 Å². The van der Waals surface area contributed by atoms with Gasteiger partial charge in [0.15, 0.2) is 5.78 Å². The van der Waals surface area contributed by atoms with Crippen LogP contribution in [0, 0.1) is 16.7 Å². The number of carbonyl (C=O) groups is 1. The van der Waals surface area contributed by atoms with Crippen molar-refractivity contribution in [1.82, 2.24) is 0 Å². The van der Waals surface area contributed by atoms with Crippen LogP contribution in [0.2, 0.25) is 0 Å². The zero-order chi connectivity index (χ0) is 16.0. The summed E-state index contributed by atoms with van der Waals surface area (Å²) in [6.07, 6.45) is 5.96. The van der Waals surface area contributed by atoms with Gasteiger partial charge in [-0.05, 0) is 53.5 Å². The number of ketones is 1. The molecule has 0 spiro atoms. The molecule has 0 heterocycles. The molecular weight excluding hydrogens is 272 g/mol. The van der Waals surface area contributed by atoms with Crippen molar-refractivity contribution in [2.24, 2.45) is 16.7 Å². The van der Waals surface area contributed by atoms with Crippen LogP contribution in [-0.4, -0.2) is 12.4 Å². The molecule has 3 rings (SSSR count). The fraction of sp³-hybridized carbons (Fsp3) is 0.450. The quantitative estimate of drug-likeness (QED) is 0.596. The van der Waals surface area contributed by atoms with Crippen molar-refractivity contribution in [3.05, 3.63) is 48.1 Å². The van der Waals surface area contributed by atoms with Crippen molar-refractivity contribution in [2.75, 3.05) is 6.61 Å². The van der Waals surface area contributed by atoms with Crippen LogP contribution in [0.4, 0.5) is 0 Å². The number of ether oxygens (including phenoxy) is 1. The Morgan fingerprint density at radius 2 is 1.95 bits per heavy atom. The molecule has 0 aromatic heterocycles. The van der Waals surface area contributed by atoms with Gasteiger partial charge in [-0.3, -0.25) is 4.79 Å². The van der Waals surface area contributed by atoms with Crippen molar-refractivity contribution < 1.29 is 9.53 Å². The second-order valence-electron chi connectivity index (χ2n) is 7.24. The largest absolute Gasteiger partial charge is 0.490 e. The van der Waals surface area contributed by atoms with E-state index < -0.39 is 0 Å². The first kappa shape index (κ1) is 15.1. The Morgan fingerprint density at radius 1 is 1.27 bits per heavy atom. The molecular formula is C20H24O2. The standard InChI is InChI=1S/C20H24O2/c1-5-12-22-15-8-6-14(7-9-15)13-16-17-10-11-20(4,18(16)21)19(17,2)3/h5-9,13,17H,1,10-12H2,2-4H3/b16-13-. The van der Waals surface area contributed by atoms with Crippen LogP contribution in [-0.2, 0) is 4.79 Å². The smallest absolute Gasteiger partial charge is 0.165 e. The molecule has 2 aliphatic carbocycles. The second-order valence-corrected chi connectivity index (χ2v) is 7.24. The van der Waals surface area contributed by atoms with Gasteiger partial charge in [0.1, 0.15) is 12.4 Å². The minimum Gasteiger partial charge on any atom is -0.490 e. The monoisotopic (exact) mass is 296 g/mol. The second kappa shape index (κ2) is 5.12. The van der Waals surface area contributed by atoms with Gasteiger partial charge >= 0.3 is 0 Å². The predicted octanol–water partition coefficient (Wildman–Crippen LogP) is 4.66. The van der Waals surface area contributed by atoms with E-state index in [4.69, 9.17) is 4.74 Å². The summed E-state index contributed by atoms with van der Waals surface area (Å²) in [6.45, 7) is 10.8. The number of allylic oxidation sites excluding steroid dienone is 1. The number of carbonyl (C=O) groups excluding carboxylic acids is 1. The molecule has 0 radical (unpaired) electrons. The number of fused-ring (bicyclic) bond motifs is 2. The number of hydrogen-bond donors (Lipinski definition) is 0. The van der Waals surface area contributed by atoms with E-state index in [0.29, 0.717) is 18.3 Å². The lowest BCUT2D eigenvalue weighted by Gasteiger charge is -2.31. The molecule has 22 heavy (non-hydrogen) atoms. The average molecular weight is 296 g/mol. The number of Topliss-reactive ketones (excluding diaryl/α,β-unsaturated/α-hetero) is 1. The SMILES string of the molecule is C=CCOc1ccc(/C=C2\C(=O)C3(C)CCC2C3(C)C)cc1. The predicted molar refractivity (Wildman–Crippen MR) is 89.7 cm³/mol. The molecule has 2 unspecified atom stereocenters. The summed E-state index contributed by atoms with van der Waals surface area (Å²) >= 11 is 0. The third-order valence-electron chi connectivity index (χ3n) is 5.94. The molecule has 0 saturated heterocycles. The lowest BCUT2D eigenvalue weighted by atomic mass is 9.70. The minimum atomic E-state index is -0.184. The highest BCUT2D eigenvalue weighted by atomic mass is 16.5. The van der Waals surface area contributed by atoms with E-state index in [1.807, 2.05) is 24.3 Å². The molecule has 2 nitrogen and oxygen atoms in total. The van der Waals surface area contributed by atoms with Crippen LogP contribution in [0.25, 0.3) is 6.08 Å². The van der Waals surface area contributed by atoms with Gasteiger partial charge in [0.2, 0.25) is 0 Å². The normalized spacial score (nSPS) is 30.8. The molecule has 1 aromatic carbocycles. The Bertz CT molecular complexity index is 636. The third-order valence-corrected chi connectivity index (χ3v) is 5.94. The van der Waals surface area contributed by atoms with E-state index in [0.717, 1.165) is 29.7 Å². The first-order valence-corrected chi connectivity index (χ1v) is 8.00. The van der Waals surface area contributed by atoms with E-state index in [1.54, 1.807) is 6.08 Å². The van der Waals surface area contributed by atoms with Gasteiger partial charge in [0, 0.05) is 5.41 Å². The Hall–Kier alpha value is -1.83. The molecule has 0 amide bonds. The highest BCUT2D eigenvalue weighted by molar-refractivity contribution is 6.07. The van der Waals surface area contributed by atoms with Crippen LogP contribution in [0.15, 0.2) is 42.5 Å². The molecule has 0 aliphatic heterocycles. The summed E-state index contributed by atoms with van der Waals surface area (Å²) in [5.41, 5.74) is 1.97. The zero-order valence-electron chi connectivity index (χ0n) is 13.7. The van der Waals surface area contributed by atoms with E-state index in [9.17, 15) is 4.79 Å². The summed E-state index contributed by atoms with van der Waals surface area (Å²) in [5, 5.41) is 0. The Kier molecular flexibility index (Phi) is 3.51. The summed E-state index contributed by atoms with van der Waals surface area (Å²) in [5.74, 6) is 1.57. The maximum absolute atomic E-state index is 12.8. The number of benzene rings is 1. The first-order valence-electron chi connectivity index (χ1n) is 8.00. The summed E-state index contributed by atoms with van der Waals surface area (Å²) in [4.78, 5) is 12.8. The van der Waals surface area contributed by atoms with Gasteiger partial charge in [0.05, 0.1) is 0 Å². The van der Waals surface area contributed by atoms with Gasteiger partial charge in [-0.2, -0.15) is 0 Å². The molecule has 1 aromatic rings. The van der Waals surface area contributed by atoms with Gasteiger partial charge in [-0.15, -0.1) is 0 Å². The van der Waals surface area contributed by atoms with E-state index in [2.05, 4.69) is 33.4 Å². The molecule has 116 valence electrons. The van der Waals surface area contributed by atoms with Crippen LogP contribution in [0.1, 0.15) is 39.2 Å². The maximum Gasteiger partial charge on any atom is 0.165 e. The van der Waals surface area contributed by atoms with Crippen molar-refractivity contribution in [3.8, 4) is 5.75 Å². The zero-order valence-corrected chi connectivity index (χ0v) is 13.7. The molecule has 2 aliphatic rings. The van der Waals surface area contributed by atoms with E-state index in [-0.39, 0.29) is 10.8 Å². The highest BCUT2D eigenvalue weighted by Gasteiger charge is 2.63. The van der Waals surface area contributed by atoms with Crippen LogP contribution in [0.5, 0.6) is 5.75 Å². The average Bonchev–Trinajstić information content (AvgIpc) is 2.81.